The molecule has 4 aromatic heterocycles. The molecule has 1 aromatic carbocycles. The van der Waals surface area contributed by atoms with Gasteiger partial charge in [0.05, 0.1) is 32.3 Å². The van der Waals surface area contributed by atoms with E-state index in [0.29, 0.717) is 58.2 Å². The van der Waals surface area contributed by atoms with E-state index in [-0.39, 0.29) is 0 Å². The number of nitrogens with one attached hydrogen (secondary N) is 1. The summed E-state index contributed by atoms with van der Waals surface area (Å²) in [5.74, 6) is 3.45. The maximum absolute atomic E-state index is 11.4. The summed E-state index contributed by atoms with van der Waals surface area (Å²) in [5, 5.41) is 7.89. The van der Waals surface area contributed by atoms with Gasteiger partial charge in [-0.15, -0.1) is 5.10 Å². The van der Waals surface area contributed by atoms with E-state index in [1.165, 1.54) is 6.26 Å². The number of carbonyl (C=O) groups is 1. The first-order valence-corrected chi connectivity index (χ1v) is 9.99. The highest BCUT2D eigenvalue weighted by Crippen LogP contribution is 2.29. The monoisotopic (exact) mass is 445 g/mol. The number of anilines is 1. The predicted octanol–water partition coefficient (Wildman–Crippen LogP) is 4.09. The van der Waals surface area contributed by atoms with E-state index in [0.717, 1.165) is 11.8 Å². The van der Waals surface area contributed by atoms with E-state index < -0.39 is 0 Å². The molecule has 0 saturated heterocycles. The zero-order valence-corrected chi connectivity index (χ0v) is 17.8. The molecule has 5 rings (SSSR count). The number of furan rings is 2. The van der Waals surface area contributed by atoms with Gasteiger partial charge < -0.3 is 23.6 Å². The molecule has 0 radical (unpaired) electrons. The SMILES string of the molecule is COc1ccc(CNc2cc(-c3occc3C=O)nc3nc(-c4ccco4)nn23)cc1OC. The van der Waals surface area contributed by atoms with Gasteiger partial charge in [0.25, 0.3) is 5.78 Å². The Morgan fingerprint density at radius 2 is 1.91 bits per heavy atom. The summed E-state index contributed by atoms with van der Waals surface area (Å²) < 4.78 is 23.2. The topological polar surface area (TPSA) is 117 Å². The number of fused-ring (bicyclic) bond motifs is 1. The van der Waals surface area contributed by atoms with Gasteiger partial charge in [-0.1, -0.05) is 6.07 Å². The number of carbonyl (C=O) groups excluding carboxylic acids is 1. The minimum Gasteiger partial charge on any atom is -0.493 e. The van der Waals surface area contributed by atoms with Crippen LogP contribution in [0, 0.1) is 0 Å². The normalized spacial score (nSPS) is 11.0. The van der Waals surface area contributed by atoms with Crippen molar-refractivity contribution in [3.05, 3.63) is 66.1 Å². The summed E-state index contributed by atoms with van der Waals surface area (Å²) in [5.41, 5.74) is 1.79. The van der Waals surface area contributed by atoms with Crippen LogP contribution < -0.4 is 14.8 Å². The molecule has 10 heteroatoms. The molecule has 4 heterocycles. The Kier molecular flexibility index (Phi) is 5.23. The number of ether oxygens (including phenoxy) is 2. The number of benzene rings is 1. The maximum atomic E-state index is 11.4. The van der Waals surface area contributed by atoms with Gasteiger partial charge in [-0.05, 0) is 35.9 Å². The van der Waals surface area contributed by atoms with E-state index in [1.807, 2.05) is 18.2 Å². The lowest BCUT2D eigenvalue weighted by molar-refractivity contribution is 0.112. The van der Waals surface area contributed by atoms with Crippen LogP contribution in [0.2, 0.25) is 0 Å². The highest BCUT2D eigenvalue weighted by molar-refractivity contribution is 5.84. The van der Waals surface area contributed by atoms with Crippen molar-refractivity contribution in [2.45, 2.75) is 6.54 Å². The van der Waals surface area contributed by atoms with Gasteiger partial charge in [0.15, 0.2) is 29.3 Å². The van der Waals surface area contributed by atoms with Crippen molar-refractivity contribution in [3.8, 4) is 34.5 Å². The van der Waals surface area contributed by atoms with Gasteiger partial charge in [0.2, 0.25) is 5.82 Å². The van der Waals surface area contributed by atoms with Gasteiger partial charge >= 0.3 is 0 Å². The Morgan fingerprint density at radius 1 is 1.03 bits per heavy atom. The Morgan fingerprint density at radius 3 is 2.67 bits per heavy atom. The van der Waals surface area contributed by atoms with Crippen LogP contribution in [-0.4, -0.2) is 40.1 Å². The smallest absolute Gasteiger partial charge is 0.255 e. The van der Waals surface area contributed by atoms with Crippen LogP contribution in [-0.2, 0) is 6.54 Å². The third-order valence-corrected chi connectivity index (χ3v) is 5.03. The molecule has 0 saturated carbocycles. The zero-order chi connectivity index (χ0) is 22.8. The van der Waals surface area contributed by atoms with Crippen LogP contribution in [0.15, 0.2) is 63.8 Å². The highest BCUT2D eigenvalue weighted by Gasteiger charge is 2.18. The van der Waals surface area contributed by atoms with Crippen molar-refractivity contribution < 1.29 is 23.1 Å². The molecular formula is C23H19N5O5. The van der Waals surface area contributed by atoms with Crippen molar-refractivity contribution in [2.24, 2.45) is 0 Å². The molecule has 0 spiro atoms. The number of aromatic nitrogens is 4. The summed E-state index contributed by atoms with van der Waals surface area (Å²) in [6.07, 6.45) is 3.72. The second kappa shape index (κ2) is 8.50. The van der Waals surface area contributed by atoms with Crippen molar-refractivity contribution in [1.82, 2.24) is 19.6 Å². The summed E-state index contributed by atoms with van der Waals surface area (Å²) in [7, 11) is 3.18. The second-order valence-electron chi connectivity index (χ2n) is 7.02. The molecule has 0 unspecified atom stereocenters. The van der Waals surface area contributed by atoms with Crippen LogP contribution in [0.1, 0.15) is 15.9 Å². The first-order chi connectivity index (χ1) is 16.2. The van der Waals surface area contributed by atoms with Crippen molar-refractivity contribution in [2.75, 3.05) is 19.5 Å². The molecule has 0 atom stereocenters. The van der Waals surface area contributed by atoms with Crippen LogP contribution in [0.3, 0.4) is 0 Å². The summed E-state index contributed by atoms with van der Waals surface area (Å²) in [6, 6.07) is 12.5. The first-order valence-electron chi connectivity index (χ1n) is 9.99. The quantitative estimate of drug-likeness (QED) is 0.352. The highest BCUT2D eigenvalue weighted by atomic mass is 16.5. The molecule has 166 valence electrons. The Labute approximate surface area is 187 Å². The molecule has 33 heavy (non-hydrogen) atoms. The third kappa shape index (κ3) is 3.78. The summed E-state index contributed by atoms with van der Waals surface area (Å²) in [4.78, 5) is 20.5. The fourth-order valence-corrected chi connectivity index (χ4v) is 3.42. The van der Waals surface area contributed by atoms with Crippen LogP contribution in [0.25, 0.3) is 28.8 Å². The minimum atomic E-state index is 0.321. The molecule has 0 bridgehead atoms. The number of rotatable bonds is 8. The van der Waals surface area contributed by atoms with Gasteiger partial charge in [0.1, 0.15) is 11.5 Å². The Balaban J connectivity index is 1.56. The lowest BCUT2D eigenvalue weighted by atomic mass is 10.2. The van der Waals surface area contributed by atoms with Gasteiger partial charge in [-0.3, -0.25) is 4.79 Å². The number of methoxy groups -OCH3 is 2. The van der Waals surface area contributed by atoms with Gasteiger partial charge in [0, 0.05) is 12.6 Å². The van der Waals surface area contributed by atoms with Crippen molar-refractivity contribution >= 4 is 17.9 Å². The van der Waals surface area contributed by atoms with E-state index in [2.05, 4.69) is 20.4 Å². The fourth-order valence-electron chi connectivity index (χ4n) is 3.42. The van der Waals surface area contributed by atoms with E-state index in [4.69, 9.17) is 18.3 Å². The molecule has 10 nitrogen and oxygen atoms in total. The molecule has 0 amide bonds. The van der Waals surface area contributed by atoms with Crippen LogP contribution in [0.5, 0.6) is 11.5 Å². The average Bonchev–Trinajstić information content (AvgIpc) is 3.61. The Hall–Kier alpha value is -4.60. The molecule has 1 N–H and O–H groups in total. The Bertz CT molecular complexity index is 1420. The third-order valence-electron chi connectivity index (χ3n) is 5.03. The van der Waals surface area contributed by atoms with Gasteiger partial charge in [-0.25, -0.2) is 4.98 Å². The largest absolute Gasteiger partial charge is 0.493 e. The number of nitrogens with zero attached hydrogens (tertiary/aromatic N) is 4. The molecular weight excluding hydrogens is 426 g/mol. The maximum Gasteiger partial charge on any atom is 0.255 e. The zero-order valence-electron chi connectivity index (χ0n) is 17.8. The molecule has 0 fully saturated rings. The van der Waals surface area contributed by atoms with Crippen molar-refractivity contribution in [3.63, 3.8) is 0 Å². The van der Waals surface area contributed by atoms with Gasteiger partial charge in [-0.2, -0.15) is 9.50 Å². The molecule has 0 aliphatic carbocycles. The lowest BCUT2D eigenvalue weighted by Crippen LogP contribution is -2.07. The number of hydrogen-bond donors (Lipinski definition) is 1. The average molecular weight is 445 g/mol. The minimum absolute atomic E-state index is 0.321. The number of hydrogen-bond acceptors (Lipinski definition) is 9. The van der Waals surface area contributed by atoms with E-state index in [1.54, 1.807) is 49.3 Å². The summed E-state index contributed by atoms with van der Waals surface area (Å²) in [6.45, 7) is 0.452. The van der Waals surface area contributed by atoms with Crippen LogP contribution >= 0.6 is 0 Å². The molecule has 5 aromatic rings. The first kappa shape index (κ1) is 20.3. The molecule has 0 aliphatic heterocycles. The fraction of sp³-hybridized carbons (Fsp3) is 0.130. The number of aldehydes is 1. The molecule has 0 aliphatic rings. The van der Waals surface area contributed by atoms with E-state index in [9.17, 15) is 4.79 Å². The van der Waals surface area contributed by atoms with Crippen LogP contribution in [0.4, 0.5) is 5.82 Å². The second-order valence-corrected chi connectivity index (χ2v) is 7.02. The van der Waals surface area contributed by atoms with E-state index >= 15 is 0 Å². The summed E-state index contributed by atoms with van der Waals surface area (Å²) >= 11 is 0. The lowest BCUT2D eigenvalue weighted by Gasteiger charge is -2.12. The standard InChI is InChI=1S/C23H19N5O5/c1-30-17-6-5-14(10-19(17)31-2)12-24-20-11-16(21-15(13-29)7-9-33-21)25-23-26-22(27-28(20)23)18-4-3-8-32-18/h3-11,13,24H,12H2,1-2H3. The predicted molar refractivity (Wildman–Crippen MR) is 118 cm³/mol. The van der Waals surface area contributed by atoms with Crippen molar-refractivity contribution in [1.29, 1.82) is 0 Å².